The fraction of sp³-hybridized carbons (Fsp3) is 0.400. The molecule has 0 bridgehead atoms. The molecule has 0 amide bonds. The molecule has 0 saturated heterocycles. The summed E-state index contributed by atoms with van der Waals surface area (Å²) in [5.41, 5.74) is 2.95. The van der Waals surface area contributed by atoms with Crippen LogP contribution in [0.5, 0.6) is 0 Å². The van der Waals surface area contributed by atoms with E-state index in [1.54, 1.807) is 0 Å². The van der Waals surface area contributed by atoms with Gasteiger partial charge in [-0.3, -0.25) is 4.98 Å². The highest BCUT2D eigenvalue weighted by Crippen LogP contribution is 2.32. The quantitative estimate of drug-likeness (QED) is 0.716. The number of pyridine rings is 1. The largest absolute Gasteiger partial charge is 0.264 e. The van der Waals surface area contributed by atoms with Gasteiger partial charge in [0.15, 0.2) is 0 Å². The Labute approximate surface area is 97.5 Å². The van der Waals surface area contributed by atoms with E-state index in [2.05, 4.69) is 50.9 Å². The maximum Gasteiger partial charge on any atom is 0.0346 e. The lowest BCUT2D eigenvalue weighted by Gasteiger charge is -2.18. The molecule has 2 aromatic rings. The van der Waals surface area contributed by atoms with Gasteiger partial charge in [0.25, 0.3) is 0 Å². The van der Waals surface area contributed by atoms with Crippen LogP contribution >= 0.6 is 0 Å². The Morgan fingerprint density at radius 2 is 1.69 bits per heavy atom. The number of hydrogen-bond acceptors (Lipinski definition) is 1. The van der Waals surface area contributed by atoms with Crippen molar-refractivity contribution in [3.8, 4) is 0 Å². The molecule has 1 aromatic carbocycles. The third-order valence-corrected chi connectivity index (χ3v) is 3.09. The summed E-state index contributed by atoms with van der Waals surface area (Å²) in [4.78, 5) is 4.19. The Morgan fingerprint density at radius 3 is 2.31 bits per heavy atom. The molecule has 0 aliphatic carbocycles. The number of fused-ring (bicyclic) bond motifs is 1. The van der Waals surface area contributed by atoms with E-state index in [1.165, 1.54) is 21.9 Å². The first-order chi connectivity index (χ1) is 7.61. The normalized spacial score (nSPS) is 11.6. The summed E-state index contributed by atoms with van der Waals surface area (Å²) in [5.74, 6) is 1.14. The lowest BCUT2D eigenvalue weighted by Crippen LogP contribution is -1.99. The SMILES string of the molecule is CC(C)c1ccc2cnccc2c1C(C)C. The van der Waals surface area contributed by atoms with Crippen LogP contribution in [0.2, 0.25) is 0 Å². The number of benzene rings is 1. The van der Waals surface area contributed by atoms with Gasteiger partial charge in [-0.2, -0.15) is 0 Å². The third kappa shape index (κ3) is 1.82. The fourth-order valence-corrected chi connectivity index (χ4v) is 2.36. The van der Waals surface area contributed by atoms with Crippen LogP contribution in [0.15, 0.2) is 30.6 Å². The van der Waals surface area contributed by atoms with Crippen molar-refractivity contribution in [2.75, 3.05) is 0 Å². The minimum atomic E-state index is 0.559. The maximum absolute atomic E-state index is 4.19. The molecule has 0 aliphatic rings. The van der Waals surface area contributed by atoms with Crippen LogP contribution < -0.4 is 0 Å². The predicted octanol–water partition coefficient (Wildman–Crippen LogP) is 4.48. The topological polar surface area (TPSA) is 12.9 Å². The molecule has 0 saturated carbocycles. The first-order valence-electron chi connectivity index (χ1n) is 5.97. The molecular formula is C15H19N. The second kappa shape index (κ2) is 4.25. The number of hydrogen-bond donors (Lipinski definition) is 0. The molecule has 0 fully saturated rings. The maximum atomic E-state index is 4.19. The smallest absolute Gasteiger partial charge is 0.0346 e. The molecule has 0 aliphatic heterocycles. The van der Waals surface area contributed by atoms with Crippen LogP contribution in [0.25, 0.3) is 10.8 Å². The Morgan fingerprint density at radius 1 is 0.938 bits per heavy atom. The molecule has 84 valence electrons. The first-order valence-corrected chi connectivity index (χ1v) is 5.97. The van der Waals surface area contributed by atoms with Gasteiger partial charge in [-0.05, 0) is 34.4 Å². The molecule has 0 radical (unpaired) electrons. The Balaban J connectivity index is 2.79. The lowest BCUT2D eigenvalue weighted by atomic mass is 9.87. The van der Waals surface area contributed by atoms with Crippen molar-refractivity contribution in [1.82, 2.24) is 4.98 Å². The number of aromatic nitrogens is 1. The van der Waals surface area contributed by atoms with E-state index < -0.39 is 0 Å². The minimum absolute atomic E-state index is 0.559. The van der Waals surface area contributed by atoms with Crippen LogP contribution in [0.4, 0.5) is 0 Å². The molecule has 1 nitrogen and oxygen atoms in total. The summed E-state index contributed by atoms with van der Waals surface area (Å²) in [6, 6.07) is 6.57. The average Bonchev–Trinajstić information content (AvgIpc) is 2.27. The van der Waals surface area contributed by atoms with Gasteiger partial charge in [-0.1, -0.05) is 39.8 Å². The zero-order chi connectivity index (χ0) is 11.7. The van der Waals surface area contributed by atoms with Crippen LogP contribution in [-0.2, 0) is 0 Å². The predicted molar refractivity (Wildman–Crippen MR) is 69.9 cm³/mol. The van der Waals surface area contributed by atoms with E-state index in [9.17, 15) is 0 Å². The molecule has 0 N–H and O–H groups in total. The first kappa shape index (κ1) is 11.1. The Bertz CT molecular complexity index is 498. The van der Waals surface area contributed by atoms with Crippen molar-refractivity contribution in [2.24, 2.45) is 0 Å². The highest BCUT2D eigenvalue weighted by atomic mass is 14.6. The minimum Gasteiger partial charge on any atom is -0.264 e. The molecule has 0 atom stereocenters. The summed E-state index contributed by atoms with van der Waals surface area (Å²) in [6.45, 7) is 9.05. The molecule has 1 aromatic heterocycles. The van der Waals surface area contributed by atoms with Crippen molar-refractivity contribution >= 4 is 10.8 Å². The van der Waals surface area contributed by atoms with Crippen molar-refractivity contribution in [1.29, 1.82) is 0 Å². The summed E-state index contributed by atoms with van der Waals surface area (Å²) >= 11 is 0. The van der Waals surface area contributed by atoms with Crippen molar-refractivity contribution < 1.29 is 0 Å². The van der Waals surface area contributed by atoms with E-state index in [-0.39, 0.29) is 0 Å². The highest BCUT2D eigenvalue weighted by Gasteiger charge is 2.13. The van der Waals surface area contributed by atoms with Gasteiger partial charge in [-0.25, -0.2) is 0 Å². The summed E-state index contributed by atoms with van der Waals surface area (Å²) in [6.07, 6.45) is 3.84. The highest BCUT2D eigenvalue weighted by molar-refractivity contribution is 5.86. The fourth-order valence-electron chi connectivity index (χ4n) is 2.36. The standard InChI is InChI=1S/C15H19N/c1-10(2)13-6-5-12-9-16-8-7-14(12)15(13)11(3)4/h5-11H,1-4H3. The van der Waals surface area contributed by atoms with Crippen LogP contribution in [0.3, 0.4) is 0 Å². The van der Waals surface area contributed by atoms with E-state index in [0.717, 1.165) is 0 Å². The van der Waals surface area contributed by atoms with Gasteiger partial charge < -0.3 is 0 Å². The van der Waals surface area contributed by atoms with Crippen molar-refractivity contribution in [3.05, 3.63) is 41.7 Å². The number of nitrogens with zero attached hydrogens (tertiary/aromatic N) is 1. The van der Waals surface area contributed by atoms with Crippen molar-refractivity contribution in [3.63, 3.8) is 0 Å². The van der Waals surface area contributed by atoms with Gasteiger partial charge >= 0.3 is 0 Å². The van der Waals surface area contributed by atoms with Crippen LogP contribution in [0, 0.1) is 0 Å². The van der Waals surface area contributed by atoms with E-state index in [0.29, 0.717) is 11.8 Å². The van der Waals surface area contributed by atoms with E-state index in [1.807, 2.05) is 12.4 Å². The van der Waals surface area contributed by atoms with Gasteiger partial charge in [0, 0.05) is 17.8 Å². The summed E-state index contributed by atoms with van der Waals surface area (Å²) < 4.78 is 0. The van der Waals surface area contributed by atoms with Crippen LogP contribution in [-0.4, -0.2) is 4.98 Å². The molecule has 1 heteroatoms. The summed E-state index contributed by atoms with van der Waals surface area (Å²) in [5, 5.41) is 2.60. The second-order valence-electron chi connectivity index (χ2n) is 4.97. The Kier molecular flexibility index (Phi) is 2.95. The number of rotatable bonds is 2. The van der Waals surface area contributed by atoms with E-state index in [4.69, 9.17) is 0 Å². The van der Waals surface area contributed by atoms with Crippen LogP contribution in [0.1, 0.15) is 50.7 Å². The lowest BCUT2D eigenvalue weighted by molar-refractivity contribution is 0.798. The van der Waals surface area contributed by atoms with E-state index >= 15 is 0 Å². The van der Waals surface area contributed by atoms with Crippen molar-refractivity contribution in [2.45, 2.75) is 39.5 Å². The van der Waals surface area contributed by atoms with Gasteiger partial charge in [0.05, 0.1) is 0 Å². The molecule has 2 rings (SSSR count). The zero-order valence-corrected chi connectivity index (χ0v) is 10.5. The van der Waals surface area contributed by atoms with Gasteiger partial charge in [-0.15, -0.1) is 0 Å². The molecule has 1 heterocycles. The summed E-state index contributed by atoms with van der Waals surface area (Å²) in [7, 11) is 0. The molecule has 0 unspecified atom stereocenters. The Hall–Kier alpha value is -1.37. The third-order valence-electron chi connectivity index (χ3n) is 3.09. The molecule has 16 heavy (non-hydrogen) atoms. The zero-order valence-electron chi connectivity index (χ0n) is 10.5. The molecular weight excluding hydrogens is 194 g/mol. The monoisotopic (exact) mass is 213 g/mol. The molecule has 0 spiro atoms. The average molecular weight is 213 g/mol. The second-order valence-corrected chi connectivity index (χ2v) is 4.97. The van der Waals surface area contributed by atoms with Gasteiger partial charge in [0.2, 0.25) is 0 Å². The van der Waals surface area contributed by atoms with Gasteiger partial charge in [0.1, 0.15) is 0 Å².